The molecule has 0 N–H and O–H groups in total. The van der Waals surface area contributed by atoms with Crippen molar-refractivity contribution in [2.24, 2.45) is 0 Å². The van der Waals surface area contributed by atoms with Crippen molar-refractivity contribution in [3.63, 3.8) is 0 Å². The quantitative estimate of drug-likeness (QED) is 0.713. The largest absolute Gasteiger partial charge is 0.486 e. The summed E-state index contributed by atoms with van der Waals surface area (Å²) in [5.41, 5.74) is 0. The molecule has 5 nitrogen and oxygen atoms in total. The summed E-state index contributed by atoms with van der Waals surface area (Å²) in [5, 5.41) is 0. The minimum absolute atomic E-state index is 0.163. The van der Waals surface area contributed by atoms with E-state index in [0.29, 0.717) is 29.0 Å². The fraction of sp³-hybridized carbons (Fsp3) is 0.250. The van der Waals surface area contributed by atoms with Gasteiger partial charge in [-0.1, -0.05) is 17.7 Å². The molecule has 2 heterocycles. The second-order valence-electron chi connectivity index (χ2n) is 5.10. The Balaban J connectivity index is 1.91. The second kappa shape index (κ2) is 7.14. The Kier molecular flexibility index (Phi) is 5.15. The highest BCUT2D eigenvalue weighted by molar-refractivity contribution is 7.89. The molecule has 0 radical (unpaired) electrons. The van der Waals surface area contributed by atoms with Gasteiger partial charge in [-0.2, -0.15) is 4.31 Å². The van der Waals surface area contributed by atoms with Crippen molar-refractivity contribution in [1.82, 2.24) is 4.31 Å². The summed E-state index contributed by atoms with van der Waals surface area (Å²) >= 11 is 7.29. The molecule has 0 spiro atoms. The molecule has 0 saturated heterocycles. The zero-order valence-electron chi connectivity index (χ0n) is 12.8. The molecular weight excluding hydrogens is 370 g/mol. The monoisotopic (exact) mass is 385 g/mol. The first-order chi connectivity index (χ1) is 11.5. The van der Waals surface area contributed by atoms with E-state index in [1.54, 1.807) is 18.2 Å². The highest BCUT2D eigenvalue weighted by Crippen LogP contribution is 2.33. The highest BCUT2D eigenvalue weighted by atomic mass is 35.5. The summed E-state index contributed by atoms with van der Waals surface area (Å²) in [6, 6.07) is 8.23. The summed E-state index contributed by atoms with van der Waals surface area (Å²) in [6.07, 6.45) is 1.56. The van der Waals surface area contributed by atoms with Crippen molar-refractivity contribution >= 4 is 33.0 Å². The molecular formula is C16H16ClNO4S2. The van der Waals surface area contributed by atoms with Gasteiger partial charge in [0, 0.05) is 24.0 Å². The number of halogens is 1. The molecule has 3 rings (SSSR count). The number of hydrogen-bond donors (Lipinski definition) is 0. The molecule has 24 heavy (non-hydrogen) atoms. The van der Waals surface area contributed by atoms with Gasteiger partial charge < -0.3 is 9.47 Å². The average Bonchev–Trinajstić information content (AvgIpc) is 2.99. The molecule has 0 unspecified atom stereocenters. The normalized spacial score (nSPS) is 13.9. The van der Waals surface area contributed by atoms with Crippen LogP contribution in [0, 0.1) is 0 Å². The van der Waals surface area contributed by atoms with E-state index in [-0.39, 0.29) is 18.0 Å². The number of ether oxygens (including phenoxy) is 2. The molecule has 1 aliphatic heterocycles. The maximum atomic E-state index is 13.0. The minimum Gasteiger partial charge on any atom is -0.486 e. The third-order valence-electron chi connectivity index (χ3n) is 3.45. The SMILES string of the molecule is C=CCN(Cc1ccc(Cl)s1)S(=O)(=O)c1ccc2c(c1)OCCO2. The lowest BCUT2D eigenvalue weighted by Gasteiger charge is -2.22. The first-order valence-electron chi connectivity index (χ1n) is 7.25. The predicted molar refractivity (Wildman–Crippen MR) is 94.6 cm³/mol. The molecule has 1 aromatic heterocycles. The van der Waals surface area contributed by atoms with Gasteiger partial charge in [-0.3, -0.25) is 0 Å². The number of sulfonamides is 1. The average molecular weight is 386 g/mol. The zero-order chi connectivity index (χ0) is 17.2. The van der Waals surface area contributed by atoms with E-state index in [1.165, 1.54) is 27.8 Å². The van der Waals surface area contributed by atoms with Gasteiger partial charge >= 0.3 is 0 Å². The Morgan fingerprint density at radius 2 is 1.96 bits per heavy atom. The van der Waals surface area contributed by atoms with Gasteiger partial charge in [0.05, 0.1) is 9.23 Å². The first kappa shape index (κ1) is 17.3. The molecule has 0 fully saturated rings. The Morgan fingerprint density at radius 1 is 1.21 bits per heavy atom. The molecule has 0 aliphatic carbocycles. The van der Waals surface area contributed by atoms with Crippen LogP contribution < -0.4 is 9.47 Å². The molecule has 128 valence electrons. The zero-order valence-corrected chi connectivity index (χ0v) is 15.2. The molecule has 1 aromatic carbocycles. The lowest BCUT2D eigenvalue weighted by Crippen LogP contribution is -2.30. The molecule has 8 heteroatoms. The Bertz CT molecular complexity index is 848. The van der Waals surface area contributed by atoms with Crippen LogP contribution in [0.2, 0.25) is 4.34 Å². The first-order valence-corrected chi connectivity index (χ1v) is 9.89. The maximum Gasteiger partial charge on any atom is 0.243 e. The summed E-state index contributed by atoms with van der Waals surface area (Å²) < 4.78 is 38.8. The standard InChI is InChI=1S/C16H16ClNO4S2/c1-2-7-18(11-12-3-6-16(17)23-12)24(19,20)13-4-5-14-15(10-13)22-9-8-21-14/h2-6,10H,1,7-9,11H2. The van der Waals surface area contributed by atoms with E-state index in [1.807, 2.05) is 6.07 Å². The van der Waals surface area contributed by atoms with Crippen LogP contribution in [0.25, 0.3) is 0 Å². The summed E-state index contributed by atoms with van der Waals surface area (Å²) in [6.45, 7) is 4.95. The fourth-order valence-electron chi connectivity index (χ4n) is 2.34. The third kappa shape index (κ3) is 3.59. The molecule has 1 aliphatic rings. The van der Waals surface area contributed by atoms with Crippen molar-refractivity contribution < 1.29 is 17.9 Å². The second-order valence-corrected chi connectivity index (χ2v) is 8.84. The molecule has 0 amide bonds. The van der Waals surface area contributed by atoms with Gasteiger partial charge in [0.2, 0.25) is 10.0 Å². The van der Waals surface area contributed by atoms with E-state index in [0.717, 1.165) is 4.88 Å². The summed E-state index contributed by atoms with van der Waals surface area (Å²) in [4.78, 5) is 1.03. The van der Waals surface area contributed by atoms with E-state index in [4.69, 9.17) is 21.1 Å². The number of thiophene rings is 1. The molecule has 0 atom stereocenters. The van der Waals surface area contributed by atoms with Gasteiger partial charge in [0.25, 0.3) is 0 Å². The van der Waals surface area contributed by atoms with E-state index in [2.05, 4.69) is 6.58 Å². The van der Waals surface area contributed by atoms with Gasteiger partial charge in [-0.15, -0.1) is 17.9 Å². The maximum absolute atomic E-state index is 13.0. The Hall–Kier alpha value is -1.54. The van der Waals surface area contributed by atoms with Crippen LogP contribution in [0.4, 0.5) is 0 Å². The van der Waals surface area contributed by atoms with Crippen molar-refractivity contribution in [2.75, 3.05) is 19.8 Å². The van der Waals surface area contributed by atoms with Crippen LogP contribution in [-0.2, 0) is 16.6 Å². The van der Waals surface area contributed by atoms with Crippen LogP contribution in [0.3, 0.4) is 0 Å². The number of rotatable bonds is 6. The lowest BCUT2D eigenvalue weighted by molar-refractivity contribution is 0.171. The van der Waals surface area contributed by atoms with E-state index >= 15 is 0 Å². The number of benzene rings is 1. The molecule has 0 bridgehead atoms. The van der Waals surface area contributed by atoms with Crippen LogP contribution >= 0.6 is 22.9 Å². The predicted octanol–water partition coefficient (Wildman–Crippen LogP) is 3.55. The topological polar surface area (TPSA) is 55.8 Å². The molecule has 2 aromatic rings. The van der Waals surface area contributed by atoms with Crippen molar-refractivity contribution in [2.45, 2.75) is 11.4 Å². The number of fused-ring (bicyclic) bond motifs is 1. The Morgan fingerprint density at radius 3 is 2.62 bits per heavy atom. The van der Waals surface area contributed by atoms with Crippen molar-refractivity contribution in [3.05, 3.63) is 52.2 Å². The number of nitrogens with zero attached hydrogens (tertiary/aromatic N) is 1. The van der Waals surface area contributed by atoms with E-state index < -0.39 is 10.0 Å². The number of hydrogen-bond acceptors (Lipinski definition) is 5. The lowest BCUT2D eigenvalue weighted by atomic mass is 10.3. The van der Waals surface area contributed by atoms with Gasteiger partial charge in [0.1, 0.15) is 13.2 Å². The fourth-order valence-corrected chi connectivity index (χ4v) is 4.93. The van der Waals surface area contributed by atoms with Crippen LogP contribution in [-0.4, -0.2) is 32.5 Å². The van der Waals surface area contributed by atoms with Crippen LogP contribution in [0.5, 0.6) is 11.5 Å². The van der Waals surface area contributed by atoms with Crippen molar-refractivity contribution in [1.29, 1.82) is 0 Å². The summed E-state index contributed by atoms with van der Waals surface area (Å²) in [5.74, 6) is 1.00. The smallest absolute Gasteiger partial charge is 0.243 e. The van der Waals surface area contributed by atoms with Gasteiger partial charge in [-0.25, -0.2) is 8.42 Å². The van der Waals surface area contributed by atoms with Crippen LogP contribution in [0.1, 0.15) is 4.88 Å². The third-order valence-corrected chi connectivity index (χ3v) is 6.47. The van der Waals surface area contributed by atoms with Crippen molar-refractivity contribution in [3.8, 4) is 11.5 Å². The highest BCUT2D eigenvalue weighted by Gasteiger charge is 2.26. The van der Waals surface area contributed by atoms with Gasteiger partial charge in [-0.05, 0) is 24.3 Å². The molecule has 0 saturated carbocycles. The van der Waals surface area contributed by atoms with Gasteiger partial charge in [0.15, 0.2) is 11.5 Å². The summed E-state index contributed by atoms with van der Waals surface area (Å²) in [7, 11) is -3.70. The Labute approximate surface area is 150 Å². The minimum atomic E-state index is -3.70. The van der Waals surface area contributed by atoms with E-state index in [9.17, 15) is 8.42 Å². The van der Waals surface area contributed by atoms with Crippen LogP contribution in [0.15, 0.2) is 47.9 Å².